The molecule has 0 radical (unpaired) electrons. The molecule has 2 aromatic heterocycles. The monoisotopic (exact) mass is 648 g/mol. The molecule has 1 amide bonds. The number of anilines is 4. The van der Waals surface area contributed by atoms with E-state index in [4.69, 9.17) is 19.3 Å². The van der Waals surface area contributed by atoms with Gasteiger partial charge in [-0.15, -0.1) is 9.42 Å². The second kappa shape index (κ2) is 14.9. The van der Waals surface area contributed by atoms with E-state index < -0.39 is 31.7 Å². The van der Waals surface area contributed by atoms with Crippen molar-refractivity contribution in [1.29, 1.82) is 0 Å². The number of alkyl halides is 3. The molecule has 5 N–H and O–H groups in total. The number of aryl methyl sites for hydroxylation is 1. The first-order valence-electron chi connectivity index (χ1n) is 13.5. The first-order chi connectivity index (χ1) is 21.5. The molecular formula is C28H30F3N7O6P+. The smallest absolute Gasteiger partial charge is 0.495 e. The van der Waals surface area contributed by atoms with Gasteiger partial charge in [-0.05, 0) is 48.2 Å². The van der Waals surface area contributed by atoms with Crippen molar-refractivity contribution in [3.05, 3.63) is 71.7 Å². The predicted octanol–water partition coefficient (Wildman–Crippen LogP) is 5.15. The van der Waals surface area contributed by atoms with E-state index in [0.29, 0.717) is 41.5 Å². The summed E-state index contributed by atoms with van der Waals surface area (Å²) in [6.07, 6.45) is 0.527. The summed E-state index contributed by atoms with van der Waals surface area (Å²) in [4.78, 5) is 29.6. The Kier molecular flexibility index (Phi) is 11.0. The Hall–Kier alpha value is -4.63. The Morgan fingerprint density at radius 2 is 1.84 bits per heavy atom. The van der Waals surface area contributed by atoms with Gasteiger partial charge in [-0.25, -0.2) is 4.98 Å². The summed E-state index contributed by atoms with van der Waals surface area (Å²) in [5.74, 6) is -1.12. The second-order valence-electron chi connectivity index (χ2n) is 9.51. The molecule has 0 aliphatic carbocycles. The van der Waals surface area contributed by atoms with E-state index in [1.54, 1.807) is 29.2 Å². The number of methoxy groups -OCH3 is 1. The SMILES string of the molecule is CNC(=O)c1cc(-c2cnn(CCCCO)c2)ccc1Nc1nc(Nc2ccc(CO[P+](=O)O)cc2OC)ncc1C(F)(F)F. The Bertz CT molecular complexity index is 1670. The van der Waals surface area contributed by atoms with Gasteiger partial charge >= 0.3 is 14.4 Å². The Labute approximate surface area is 256 Å². The fourth-order valence-electron chi connectivity index (χ4n) is 4.23. The number of hydrogen-bond donors (Lipinski definition) is 5. The van der Waals surface area contributed by atoms with E-state index in [2.05, 4.69) is 31.0 Å². The molecule has 0 spiro atoms. The van der Waals surface area contributed by atoms with E-state index in [0.717, 1.165) is 6.42 Å². The zero-order chi connectivity index (χ0) is 32.6. The van der Waals surface area contributed by atoms with Crippen LogP contribution < -0.4 is 20.7 Å². The van der Waals surface area contributed by atoms with Crippen LogP contribution in [0.5, 0.6) is 5.75 Å². The first kappa shape index (κ1) is 33.3. The topological polar surface area (TPSA) is 173 Å². The highest BCUT2D eigenvalue weighted by Crippen LogP contribution is 2.37. The van der Waals surface area contributed by atoms with Crippen molar-refractivity contribution in [2.45, 2.75) is 32.2 Å². The Morgan fingerprint density at radius 1 is 1.07 bits per heavy atom. The summed E-state index contributed by atoms with van der Waals surface area (Å²) in [7, 11) is -0.0393. The summed E-state index contributed by atoms with van der Waals surface area (Å²) in [6, 6.07) is 9.24. The molecular weight excluding hydrogens is 618 g/mol. The molecule has 45 heavy (non-hydrogen) atoms. The van der Waals surface area contributed by atoms with Gasteiger partial charge in [0, 0.05) is 42.7 Å². The highest BCUT2D eigenvalue weighted by Gasteiger charge is 2.36. The van der Waals surface area contributed by atoms with Gasteiger partial charge in [0.1, 0.15) is 23.7 Å². The largest absolute Gasteiger partial charge is 0.695 e. The zero-order valence-corrected chi connectivity index (χ0v) is 25.0. The fourth-order valence-corrected chi connectivity index (χ4v) is 4.49. The standard InChI is InChI=1S/C28H29F3N7O6P/c1-32-26(40)20-12-18(19-13-34-38(15-19)9-3-4-10-39)6-8-22(20)35-25-21(28(29,30)31)14-33-27(37-25)36-23-7-5-17(11-24(23)43-2)16-44-45(41)42/h5-8,11-15,39H,3-4,9-10,16H2,1-2H3,(H3-,32,33,35,36,37,40,41,42)/p+1. The molecule has 17 heteroatoms. The molecule has 1 unspecified atom stereocenters. The highest BCUT2D eigenvalue weighted by molar-refractivity contribution is 7.32. The van der Waals surface area contributed by atoms with Crippen LogP contribution in [0.3, 0.4) is 0 Å². The molecule has 0 bridgehead atoms. The van der Waals surface area contributed by atoms with Crippen molar-refractivity contribution < 1.29 is 41.8 Å². The number of aliphatic hydroxyl groups is 1. The Morgan fingerprint density at radius 3 is 2.53 bits per heavy atom. The van der Waals surface area contributed by atoms with E-state index >= 15 is 0 Å². The number of hydrogen-bond acceptors (Lipinski definition) is 10. The molecule has 0 fully saturated rings. The van der Waals surface area contributed by atoms with Gasteiger partial charge in [0.15, 0.2) is 0 Å². The number of ether oxygens (including phenoxy) is 1. The summed E-state index contributed by atoms with van der Waals surface area (Å²) in [5.41, 5.74) is 1.07. The molecule has 0 saturated heterocycles. The number of aromatic nitrogens is 4. The van der Waals surface area contributed by atoms with E-state index in [1.165, 1.54) is 38.4 Å². The minimum atomic E-state index is -4.83. The summed E-state index contributed by atoms with van der Waals surface area (Å²) in [5, 5.41) is 21.3. The molecule has 2 aromatic carbocycles. The third-order valence-corrected chi connectivity index (χ3v) is 6.80. The average molecular weight is 649 g/mol. The molecule has 4 rings (SSSR count). The maximum absolute atomic E-state index is 14.0. The van der Waals surface area contributed by atoms with Crippen LogP contribution in [-0.2, 0) is 28.4 Å². The minimum Gasteiger partial charge on any atom is -0.495 e. The van der Waals surface area contributed by atoms with Crippen molar-refractivity contribution in [3.8, 4) is 16.9 Å². The lowest BCUT2D eigenvalue weighted by atomic mass is 10.0. The van der Waals surface area contributed by atoms with Gasteiger partial charge < -0.3 is 25.8 Å². The zero-order valence-electron chi connectivity index (χ0n) is 24.1. The molecule has 2 heterocycles. The maximum atomic E-state index is 14.0. The number of rotatable bonds is 14. The second-order valence-corrected chi connectivity index (χ2v) is 10.2. The van der Waals surface area contributed by atoms with Crippen LogP contribution in [0, 0.1) is 0 Å². The van der Waals surface area contributed by atoms with E-state index in [9.17, 15) is 22.5 Å². The maximum Gasteiger partial charge on any atom is 0.695 e. The number of unbranched alkanes of at least 4 members (excludes halogenated alkanes) is 1. The average Bonchev–Trinajstić information content (AvgIpc) is 3.49. The van der Waals surface area contributed by atoms with Gasteiger partial charge in [-0.1, -0.05) is 12.1 Å². The van der Waals surface area contributed by atoms with E-state index in [-0.39, 0.29) is 36.2 Å². The number of benzene rings is 2. The number of carbonyl (C=O) groups excluding carboxylic acids is 1. The minimum absolute atomic E-state index is 0.0627. The van der Waals surface area contributed by atoms with Crippen molar-refractivity contribution in [2.24, 2.45) is 0 Å². The van der Waals surface area contributed by atoms with Crippen molar-refractivity contribution in [3.63, 3.8) is 0 Å². The number of nitrogens with one attached hydrogen (secondary N) is 3. The quantitative estimate of drug-likeness (QED) is 0.0904. The molecule has 0 aliphatic heterocycles. The number of aliphatic hydroxyl groups excluding tert-OH is 1. The summed E-state index contributed by atoms with van der Waals surface area (Å²) >= 11 is 0. The number of amides is 1. The highest BCUT2D eigenvalue weighted by atomic mass is 31.1. The van der Waals surface area contributed by atoms with Crippen molar-refractivity contribution in [1.82, 2.24) is 25.1 Å². The van der Waals surface area contributed by atoms with Crippen LogP contribution in [0.15, 0.2) is 55.0 Å². The number of carbonyl (C=O) groups is 1. The van der Waals surface area contributed by atoms with Crippen molar-refractivity contribution >= 4 is 37.3 Å². The summed E-state index contributed by atoms with van der Waals surface area (Å²) in [6.45, 7) is 0.489. The lowest BCUT2D eigenvalue weighted by molar-refractivity contribution is -0.137. The molecule has 13 nitrogen and oxygen atoms in total. The third-order valence-electron chi connectivity index (χ3n) is 6.45. The third kappa shape index (κ3) is 8.73. The first-order valence-corrected chi connectivity index (χ1v) is 14.6. The van der Waals surface area contributed by atoms with Crippen LogP contribution >= 0.6 is 8.25 Å². The van der Waals surface area contributed by atoms with Gasteiger partial charge in [0.2, 0.25) is 5.95 Å². The van der Waals surface area contributed by atoms with Gasteiger partial charge in [0.05, 0.1) is 30.2 Å². The fraction of sp³-hybridized carbons (Fsp3) is 0.286. The van der Waals surface area contributed by atoms with Gasteiger partial charge in [0.25, 0.3) is 5.91 Å². The van der Waals surface area contributed by atoms with Gasteiger partial charge in [-0.2, -0.15) is 23.3 Å². The lowest BCUT2D eigenvalue weighted by Crippen LogP contribution is -2.20. The van der Waals surface area contributed by atoms with E-state index in [1.807, 2.05) is 0 Å². The normalized spacial score (nSPS) is 11.7. The molecule has 0 aliphatic rings. The van der Waals surface area contributed by atoms with Crippen LogP contribution in [0.25, 0.3) is 11.1 Å². The molecule has 1 atom stereocenters. The number of nitrogens with zero attached hydrogens (tertiary/aromatic N) is 4. The molecule has 238 valence electrons. The number of halogens is 3. The van der Waals surface area contributed by atoms with Crippen LogP contribution in [0.1, 0.15) is 34.3 Å². The van der Waals surface area contributed by atoms with Gasteiger partial charge in [-0.3, -0.25) is 9.48 Å². The molecule has 0 saturated carbocycles. The van der Waals surface area contributed by atoms with Crippen molar-refractivity contribution in [2.75, 3.05) is 31.4 Å². The van der Waals surface area contributed by atoms with Crippen LogP contribution in [0.2, 0.25) is 0 Å². The van der Waals surface area contributed by atoms with Crippen LogP contribution in [-0.4, -0.2) is 56.4 Å². The summed E-state index contributed by atoms with van der Waals surface area (Å²) < 4.78 is 64.6. The molecule has 4 aromatic rings. The van der Waals surface area contributed by atoms with Crippen LogP contribution in [0.4, 0.5) is 36.3 Å². The Balaban J connectivity index is 1.66. The predicted molar refractivity (Wildman–Crippen MR) is 159 cm³/mol. The lowest BCUT2D eigenvalue weighted by Gasteiger charge is -2.17.